The average molecular weight is 234 g/mol. The molecule has 2 nitrogen and oxygen atoms in total. The normalized spacial score (nSPS) is 9.38. The van der Waals surface area contributed by atoms with Crippen LogP contribution in [0.25, 0.3) is 0 Å². The third kappa shape index (κ3) is 5.05. The van der Waals surface area contributed by atoms with Crippen LogP contribution in [0.3, 0.4) is 0 Å². The molecule has 0 amide bonds. The van der Waals surface area contributed by atoms with Gasteiger partial charge in [0.15, 0.2) is 0 Å². The zero-order valence-electron chi connectivity index (χ0n) is 9.60. The van der Waals surface area contributed by atoms with Crippen molar-refractivity contribution in [1.82, 2.24) is 4.98 Å². The second kappa shape index (κ2) is 8.02. The van der Waals surface area contributed by atoms with Gasteiger partial charge in [-0.2, -0.15) is 0 Å². The smallest absolute Gasteiger partial charge is 0.106 e. The molecule has 0 spiro atoms. The van der Waals surface area contributed by atoms with E-state index in [0.717, 1.165) is 5.01 Å². The highest BCUT2D eigenvalue weighted by Gasteiger charge is 1.85. The zero-order chi connectivity index (χ0) is 11.6. The number of nitrogens with two attached hydrogens (primary N) is 1. The van der Waals surface area contributed by atoms with Crippen LogP contribution in [-0.4, -0.2) is 4.98 Å². The van der Waals surface area contributed by atoms with Crippen molar-refractivity contribution in [2.45, 2.75) is 26.3 Å². The Morgan fingerprint density at radius 1 is 1.25 bits per heavy atom. The number of hydrogen-bond acceptors (Lipinski definition) is 3. The molecule has 0 fully saturated rings. The summed E-state index contributed by atoms with van der Waals surface area (Å²) in [4.78, 5) is 3.93. The molecule has 1 aromatic carbocycles. The minimum Gasteiger partial charge on any atom is -0.325 e. The number of rotatable bonds is 3. The molecule has 0 aliphatic carbocycles. The van der Waals surface area contributed by atoms with Crippen LogP contribution in [0.5, 0.6) is 0 Å². The van der Waals surface area contributed by atoms with Gasteiger partial charge in [-0.1, -0.05) is 43.7 Å². The Hall–Kier alpha value is -1.19. The van der Waals surface area contributed by atoms with Crippen molar-refractivity contribution in [3.8, 4) is 0 Å². The molecule has 0 saturated heterocycles. The summed E-state index contributed by atoms with van der Waals surface area (Å²) in [6.07, 6.45) is 4.21. The summed E-state index contributed by atoms with van der Waals surface area (Å²) < 4.78 is 0. The van der Waals surface area contributed by atoms with Gasteiger partial charge >= 0.3 is 0 Å². The second-order valence-corrected chi connectivity index (χ2v) is 4.34. The van der Waals surface area contributed by atoms with Gasteiger partial charge in [0.2, 0.25) is 0 Å². The quantitative estimate of drug-likeness (QED) is 0.885. The summed E-state index contributed by atoms with van der Waals surface area (Å²) in [6, 6.07) is 10.6. The van der Waals surface area contributed by atoms with Gasteiger partial charge in [0, 0.05) is 18.1 Å². The molecule has 0 atom stereocenters. The number of aromatic nitrogens is 1. The lowest BCUT2D eigenvalue weighted by Crippen LogP contribution is -1.93. The lowest BCUT2D eigenvalue weighted by Gasteiger charge is -1.93. The van der Waals surface area contributed by atoms with Crippen molar-refractivity contribution in [1.29, 1.82) is 0 Å². The Morgan fingerprint density at radius 2 is 2.00 bits per heavy atom. The average Bonchev–Trinajstić information content (AvgIpc) is 2.84. The first-order valence-electron chi connectivity index (χ1n) is 5.49. The minimum atomic E-state index is 0.567. The molecule has 0 unspecified atom stereocenters. The van der Waals surface area contributed by atoms with Gasteiger partial charge in [0.25, 0.3) is 0 Å². The first-order chi connectivity index (χ1) is 7.86. The summed E-state index contributed by atoms with van der Waals surface area (Å²) in [6.45, 7) is 2.77. The molecular formula is C13H18N2S. The topological polar surface area (TPSA) is 38.9 Å². The lowest BCUT2D eigenvalue weighted by molar-refractivity contribution is 0.922. The molecule has 1 aromatic heterocycles. The predicted molar refractivity (Wildman–Crippen MR) is 70.4 cm³/mol. The fraction of sp³-hybridized carbons (Fsp3) is 0.308. The third-order valence-corrected chi connectivity index (χ3v) is 2.84. The molecule has 0 aliphatic rings. The first kappa shape index (κ1) is 12.9. The van der Waals surface area contributed by atoms with Crippen LogP contribution in [-0.2, 0) is 13.0 Å². The van der Waals surface area contributed by atoms with E-state index in [2.05, 4.69) is 42.2 Å². The van der Waals surface area contributed by atoms with Crippen molar-refractivity contribution in [3.05, 3.63) is 52.5 Å². The van der Waals surface area contributed by atoms with E-state index in [1.54, 1.807) is 17.5 Å². The van der Waals surface area contributed by atoms with Crippen LogP contribution in [0.1, 0.15) is 23.9 Å². The summed E-state index contributed by atoms with van der Waals surface area (Å²) in [5.74, 6) is 0. The molecule has 0 saturated carbocycles. The molecule has 1 heterocycles. The highest BCUT2D eigenvalue weighted by Crippen LogP contribution is 2.00. The van der Waals surface area contributed by atoms with E-state index in [4.69, 9.17) is 5.73 Å². The van der Waals surface area contributed by atoms with Crippen molar-refractivity contribution >= 4 is 11.3 Å². The van der Waals surface area contributed by atoms with Gasteiger partial charge in [-0.05, 0) is 12.0 Å². The van der Waals surface area contributed by atoms with Crippen LogP contribution in [0.15, 0.2) is 41.9 Å². The van der Waals surface area contributed by atoms with Crippen LogP contribution in [0.4, 0.5) is 0 Å². The molecule has 86 valence electrons. The molecular weight excluding hydrogens is 216 g/mol. The maximum Gasteiger partial charge on any atom is 0.106 e. The lowest BCUT2D eigenvalue weighted by atomic mass is 10.1. The monoisotopic (exact) mass is 234 g/mol. The van der Waals surface area contributed by atoms with Crippen LogP contribution >= 0.6 is 11.3 Å². The maximum absolute atomic E-state index is 5.24. The molecule has 3 heteroatoms. The molecule has 16 heavy (non-hydrogen) atoms. The van der Waals surface area contributed by atoms with E-state index < -0.39 is 0 Å². The van der Waals surface area contributed by atoms with Gasteiger partial charge in [-0.3, -0.25) is 0 Å². The van der Waals surface area contributed by atoms with E-state index in [0.29, 0.717) is 6.54 Å². The number of thiazole rings is 1. The van der Waals surface area contributed by atoms with Gasteiger partial charge < -0.3 is 5.73 Å². The number of aryl methyl sites for hydroxylation is 1. The Bertz CT molecular complexity index is 357. The van der Waals surface area contributed by atoms with Crippen molar-refractivity contribution in [2.24, 2.45) is 5.73 Å². The molecule has 0 bridgehead atoms. The SMILES string of the molecule is CCCc1ccccc1.NCc1nccs1. The fourth-order valence-electron chi connectivity index (χ4n) is 1.29. The first-order valence-corrected chi connectivity index (χ1v) is 6.37. The third-order valence-electron chi connectivity index (χ3n) is 2.04. The van der Waals surface area contributed by atoms with E-state index in [1.165, 1.54) is 18.4 Å². The maximum atomic E-state index is 5.24. The Balaban J connectivity index is 0.000000165. The summed E-state index contributed by atoms with van der Waals surface area (Å²) in [5, 5.41) is 2.92. The number of nitrogens with zero attached hydrogens (tertiary/aromatic N) is 1. The van der Waals surface area contributed by atoms with E-state index >= 15 is 0 Å². The fourth-order valence-corrected chi connectivity index (χ4v) is 1.78. The van der Waals surface area contributed by atoms with Crippen LogP contribution in [0, 0.1) is 0 Å². The van der Waals surface area contributed by atoms with Crippen LogP contribution < -0.4 is 5.73 Å². The van der Waals surface area contributed by atoms with Gasteiger partial charge in [-0.25, -0.2) is 4.98 Å². The Kier molecular flexibility index (Phi) is 6.45. The van der Waals surface area contributed by atoms with Gasteiger partial charge in [0.1, 0.15) is 5.01 Å². The highest BCUT2D eigenvalue weighted by atomic mass is 32.1. The standard InChI is InChI=1S/C9H12.C4H6N2S/c1-2-6-9-7-4-3-5-8-9;5-3-4-6-1-2-7-4/h3-5,7-8H,2,6H2,1H3;1-2H,3,5H2. The molecule has 0 aliphatic heterocycles. The Morgan fingerprint density at radius 3 is 2.44 bits per heavy atom. The molecule has 2 rings (SSSR count). The summed E-state index contributed by atoms with van der Waals surface area (Å²) in [5.41, 5.74) is 6.69. The summed E-state index contributed by atoms with van der Waals surface area (Å²) in [7, 11) is 0. The minimum absolute atomic E-state index is 0.567. The molecule has 2 aromatic rings. The van der Waals surface area contributed by atoms with Gasteiger partial charge in [-0.15, -0.1) is 11.3 Å². The predicted octanol–water partition coefficient (Wildman–Crippen LogP) is 3.24. The second-order valence-electron chi connectivity index (χ2n) is 3.37. The van der Waals surface area contributed by atoms with Crippen molar-refractivity contribution < 1.29 is 0 Å². The van der Waals surface area contributed by atoms with Crippen molar-refractivity contribution in [2.75, 3.05) is 0 Å². The van der Waals surface area contributed by atoms with Crippen LogP contribution in [0.2, 0.25) is 0 Å². The largest absolute Gasteiger partial charge is 0.325 e. The number of hydrogen-bond donors (Lipinski definition) is 1. The zero-order valence-corrected chi connectivity index (χ0v) is 10.4. The molecule has 2 N–H and O–H groups in total. The number of benzene rings is 1. The van der Waals surface area contributed by atoms with E-state index in [9.17, 15) is 0 Å². The Labute approximate surface area is 101 Å². The highest BCUT2D eigenvalue weighted by molar-refractivity contribution is 7.09. The van der Waals surface area contributed by atoms with Crippen molar-refractivity contribution in [3.63, 3.8) is 0 Å². The van der Waals surface area contributed by atoms with E-state index in [-0.39, 0.29) is 0 Å². The summed E-state index contributed by atoms with van der Waals surface area (Å²) >= 11 is 1.59. The van der Waals surface area contributed by atoms with Gasteiger partial charge in [0.05, 0.1) is 0 Å². The molecule has 0 radical (unpaired) electrons. The van der Waals surface area contributed by atoms with E-state index in [1.807, 2.05) is 5.38 Å².